The Morgan fingerprint density at radius 3 is 2.43 bits per heavy atom. The van der Waals surface area contributed by atoms with E-state index in [-0.39, 0.29) is 11.1 Å². The Hall–Kier alpha value is -2.13. The van der Waals surface area contributed by atoms with Crippen LogP contribution >= 0.6 is 0 Å². The van der Waals surface area contributed by atoms with Crippen molar-refractivity contribution in [3.8, 4) is 0 Å². The maximum absolute atomic E-state index is 10.6. The molecule has 0 saturated carbocycles. The molecule has 0 radical (unpaired) electrons. The summed E-state index contributed by atoms with van der Waals surface area (Å²) in [7, 11) is 0. The maximum Gasteiger partial charge on any atom is 0.336 e. The van der Waals surface area contributed by atoms with Crippen molar-refractivity contribution in [3.05, 3.63) is 29.4 Å². The summed E-state index contributed by atoms with van der Waals surface area (Å²) in [6.45, 7) is 0. The quantitative estimate of drug-likeness (QED) is 0.605. The van der Waals surface area contributed by atoms with Gasteiger partial charge in [0.2, 0.25) is 0 Å². The van der Waals surface area contributed by atoms with Crippen LogP contribution in [0.25, 0.3) is 0 Å². The number of hydrogen-bond acceptors (Lipinski definition) is 3. The molecule has 0 heterocycles. The number of rotatable bonds is 2. The van der Waals surface area contributed by atoms with Gasteiger partial charge in [-0.15, -0.1) is 0 Å². The fourth-order valence-corrected chi connectivity index (χ4v) is 1.13. The number of hydrogen-bond donors (Lipinski definition) is 2. The van der Waals surface area contributed by atoms with Crippen LogP contribution in [0.4, 0.5) is 0 Å². The first-order valence-corrected chi connectivity index (χ1v) is 3.68. The zero-order chi connectivity index (χ0) is 10.7. The first-order chi connectivity index (χ1) is 6.57. The first kappa shape index (κ1) is 9.95. The standard InChI is InChI=1S/C9H6O5/c10-4-7-5(8(11)12)2-1-3-6(7)9(13)14/h1-3,5H,(H,11,12)(H,13,14). The minimum Gasteiger partial charge on any atom is -0.481 e. The van der Waals surface area contributed by atoms with E-state index < -0.39 is 17.9 Å². The first-order valence-electron chi connectivity index (χ1n) is 3.68. The van der Waals surface area contributed by atoms with E-state index in [9.17, 15) is 14.4 Å². The lowest BCUT2D eigenvalue weighted by Gasteiger charge is -2.12. The highest BCUT2D eigenvalue weighted by Gasteiger charge is 2.28. The zero-order valence-corrected chi connectivity index (χ0v) is 6.93. The number of aliphatic carboxylic acids is 2. The van der Waals surface area contributed by atoms with Gasteiger partial charge in [0, 0.05) is 0 Å². The van der Waals surface area contributed by atoms with E-state index in [1.54, 1.807) is 0 Å². The number of carboxylic acid groups (broad SMARTS) is 2. The lowest BCUT2D eigenvalue weighted by Crippen LogP contribution is -2.20. The Bertz CT molecular complexity index is 395. The third-order valence-electron chi connectivity index (χ3n) is 1.77. The van der Waals surface area contributed by atoms with E-state index in [1.807, 2.05) is 0 Å². The van der Waals surface area contributed by atoms with Gasteiger partial charge in [-0.3, -0.25) is 4.79 Å². The molecule has 0 fully saturated rings. The van der Waals surface area contributed by atoms with Gasteiger partial charge in [-0.25, -0.2) is 9.59 Å². The van der Waals surface area contributed by atoms with Gasteiger partial charge in [0.15, 0.2) is 0 Å². The van der Waals surface area contributed by atoms with E-state index in [1.165, 1.54) is 24.2 Å². The second-order valence-corrected chi connectivity index (χ2v) is 2.60. The SMILES string of the molecule is O=C=C1C(C(=O)O)=CC=CC1C(=O)O. The van der Waals surface area contributed by atoms with E-state index in [4.69, 9.17) is 10.2 Å². The largest absolute Gasteiger partial charge is 0.481 e. The summed E-state index contributed by atoms with van der Waals surface area (Å²) in [4.78, 5) is 31.6. The van der Waals surface area contributed by atoms with Crippen molar-refractivity contribution in [2.75, 3.05) is 0 Å². The van der Waals surface area contributed by atoms with Crippen LogP contribution in [0, 0.1) is 5.92 Å². The number of carbonyl (C=O) groups excluding carboxylic acids is 1. The van der Waals surface area contributed by atoms with Crippen molar-refractivity contribution in [1.82, 2.24) is 0 Å². The molecule has 0 bridgehead atoms. The number of carboxylic acids is 2. The minimum atomic E-state index is -1.33. The molecule has 14 heavy (non-hydrogen) atoms. The molecular formula is C9H6O5. The van der Waals surface area contributed by atoms with Crippen LogP contribution in [0.2, 0.25) is 0 Å². The molecule has 0 aromatic rings. The summed E-state index contributed by atoms with van der Waals surface area (Å²) in [5.74, 6) is -2.47. The van der Waals surface area contributed by atoms with Crippen LogP contribution in [0.15, 0.2) is 29.4 Å². The van der Waals surface area contributed by atoms with Gasteiger partial charge in [-0.1, -0.05) is 12.2 Å². The van der Waals surface area contributed by atoms with Crippen LogP contribution in [0.3, 0.4) is 0 Å². The second kappa shape index (κ2) is 3.72. The second-order valence-electron chi connectivity index (χ2n) is 2.60. The molecule has 1 atom stereocenters. The van der Waals surface area contributed by atoms with Crippen molar-refractivity contribution in [3.63, 3.8) is 0 Å². The number of allylic oxidation sites excluding steroid dienone is 2. The molecule has 0 aromatic carbocycles. The molecular weight excluding hydrogens is 188 g/mol. The lowest BCUT2D eigenvalue weighted by molar-refractivity contribution is -0.138. The smallest absolute Gasteiger partial charge is 0.336 e. The highest BCUT2D eigenvalue weighted by atomic mass is 16.4. The summed E-state index contributed by atoms with van der Waals surface area (Å²) in [6.07, 6.45) is 3.69. The van der Waals surface area contributed by atoms with E-state index >= 15 is 0 Å². The summed E-state index contributed by atoms with van der Waals surface area (Å²) >= 11 is 0. The predicted molar refractivity (Wildman–Crippen MR) is 45.2 cm³/mol. The Kier molecular flexibility index (Phi) is 2.65. The lowest BCUT2D eigenvalue weighted by atomic mass is 9.89. The summed E-state index contributed by atoms with van der Waals surface area (Å²) in [5, 5.41) is 17.3. The Morgan fingerprint density at radius 2 is 2.00 bits per heavy atom. The molecule has 5 heteroatoms. The highest BCUT2D eigenvalue weighted by Crippen LogP contribution is 2.23. The van der Waals surface area contributed by atoms with Gasteiger partial charge in [0.05, 0.1) is 11.1 Å². The molecule has 72 valence electrons. The normalized spacial score (nSPS) is 19.9. The van der Waals surface area contributed by atoms with Gasteiger partial charge >= 0.3 is 11.9 Å². The minimum absolute atomic E-state index is 0.324. The molecule has 5 nitrogen and oxygen atoms in total. The molecule has 1 aliphatic carbocycles. The summed E-state index contributed by atoms with van der Waals surface area (Å²) in [6, 6.07) is 0. The predicted octanol–water partition coefficient (Wildman–Crippen LogP) is 0.0260. The molecule has 1 unspecified atom stereocenters. The molecule has 1 aliphatic rings. The molecule has 0 spiro atoms. The van der Waals surface area contributed by atoms with Crippen molar-refractivity contribution in [1.29, 1.82) is 0 Å². The third kappa shape index (κ3) is 1.62. The van der Waals surface area contributed by atoms with Crippen LogP contribution < -0.4 is 0 Å². The van der Waals surface area contributed by atoms with Crippen LogP contribution in [-0.2, 0) is 14.4 Å². The maximum atomic E-state index is 10.6. The van der Waals surface area contributed by atoms with Gasteiger partial charge in [0.1, 0.15) is 11.9 Å². The Balaban J connectivity index is 3.19. The molecule has 0 aromatic heterocycles. The van der Waals surface area contributed by atoms with Crippen molar-refractivity contribution >= 4 is 17.9 Å². The fraction of sp³-hybridized carbons (Fsp3) is 0.111. The van der Waals surface area contributed by atoms with Gasteiger partial charge in [0.25, 0.3) is 0 Å². The van der Waals surface area contributed by atoms with Crippen LogP contribution in [0.1, 0.15) is 0 Å². The topological polar surface area (TPSA) is 91.7 Å². The van der Waals surface area contributed by atoms with Gasteiger partial charge in [-0.05, 0) is 6.08 Å². The molecule has 1 rings (SSSR count). The molecule has 0 amide bonds. The Labute approximate surface area is 78.7 Å². The van der Waals surface area contributed by atoms with Gasteiger partial charge in [-0.2, -0.15) is 0 Å². The fourth-order valence-electron chi connectivity index (χ4n) is 1.13. The van der Waals surface area contributed by atoms with Crippen molar-refractivity contribution in [2.45, 2.75) is 0 Å². The third-order valence-corrected chi connectivity index (χ3v) is 1.77. The van der Waals surface area contributed by atoms with Crippen LogP contribution in [0.5, 0.6) is 0 Å². The molecule has 2 N–H and O–H groups in total. The van der Waals surface area contributed by atoms with Crippen molar-refractivity contribution in [2.24, 2.45) is 5.92 Å². The number of carbonyl (C=O) groups is 2. The summed E-state index contributed by atoms with van der Waals surface area (Å²) < 4.78 is 0. The van der Waals surface area contributed by atoms with Crippen molar-refractivity contribution < 1.29 is 24.6 Å². The average molecular weight is 194 g/mol. The molecule has 0 aliphatic heterocycles. The summed E-state index contributed by atoms with van der Waals surface area (Å²) in [5.41, 5.74) is -0.678. The monoisotopic (exact) mass is 194 g/mol. The van der Waals surface area contributed by atoms with E-state index in [2.05, 4.69) is 0 Å². The highest BCUT2D eigenvalue weighted by molar-refractivity contribution is 5.99. The average Bonchev–Trinajstić information content (AvgIpc) is 2.16. The van der Waals surface area contributed by atoms with E-state index in [0.717, 1.165) is 0 Å². The van der Waals surface area contributed by atoms with Gasteiger partial charge < -0.3 is 10.2 Å². The molecule has 0 saturated heterocycles. The van der Waals surface area contributed by atoms with Crippen LogP contribution in [-0.4, -0.2) is 28.1 Å². The van der Waals surface area contributed by atoms with E-state index in [0.29, 0.717) is 0 Å². The Morgan fingerprint density at radius 1 is 1.36 bits per heavy atom. The zero-order valence-electron chi connectivity index (χ0n) is 6.93.